The highest BCUT2D eigenvalue weighted by Gasteiger charge is 2.34. The van der Waals surface area contributed by atoms with Crippen molar-refractivity contribution in [3.63, 3.8) is 0 Å². The molecule has 1 aliphatic rings. The van der Waals surface area contributed by atoms with Crippen LogP contribution in [-0.4, -0.2) is 28.2 Å². The molecule has 0 saturated carbocycles. The number of anilines is 1. The molecule has 2 aromatic rings. The summed E-state index contributed by atoms with van der Waals surface area (Å²) in [6, 6.07) is 7.92. The van der Waals surface area contributed by atoms with Crippen LogP contribution in [0.25, 0.3) is 0 Å². The van der Waals surface area contributed by atoms with Gasteiger partial charge in [0, 0.05) is 19.3 Å². The lowest BCUT2D eigenvalue weighted by atomic mass is 9.99. The molecule has 23 heavy (non-hydrogen) atoms. The number of aromatic hydroxyl groups is 1. The van der Waals surface area contributed by atoms with E-state index >= 15 is 0 Å². The van der Waals surface area contributed by atoms with Gasteiger partial charge in [0.15, 0.2) is 0 Å². The predicted octanol–water partition coefficient (Wildman–Crippen LogP) is 3.27. The fourth-order valence-electron chi connectivity index (χ4n) is 2.86. The Bertz CT molecular complexity index is 690. The molecule has 3 rings (SSSR count). The fraction of sp³-hybridized carbons (Fsp3) is 0.375. The molecule has 1 saturated heterocycles. The third kappa shape index (κ3) is 3.72. The first-order chi connectivity index (χ1) is 10.9. The monoisotopic (exact) mass is 323 g/mol. The summed E-state index contributed by atoms with van der Waals surface area (Å²) < 4.78 is 38.2. The molecule has 4 nitrogen and oxygen atoms in total. The largest absolute Gasteiger partial charge is 0.508 e. The summed E-state index contributed by atoms with van der Waals surface area (Å²) in [5.74, 6) is 0.645. The smallest absolute Gasteiger partial charge is 0.433 e. The Labute approximate surface area is 131 Å². The van der Waals surface area contributed by atoms with Crippen LogP contribution >= 0.6 is 0 Å². The maximum Gasteiger partial charge on any atom is 0.433 e. The molecule has 0 radical (unpaired) electrons. The van der Waals surface area contributed by atoms with E-state index in [0.717, 1.165) is 30.7 Å². The van der Waals surface area contributed by atoms with Gasteiger partial charge in [-0.05, 0) is 42.5 Å². The van der Waals surface area contributed by atoms with Crippen molar-refractivity contribution in [2.75, 3.05) is 18.0 Å². The highest BCUT2D eigenvalue weighted by atomic mass is 19.4. The Morgan fingerprint density at radius 2 is 2.09 bits per heavy atom. The van der Waals surface area contributed by atoms with Crippen molar-refractivity contribution in [1.82, 2.24) is 9.97 Å². The Balaban J connectivity index is 1.68. The summed E-state index contributed by atoms with van der Waals surface area (Å²) in [6.07, 6.45) is -1.69. The Kier molecular flexibility index (Phi) is 4.11. The van der Waals surface area contributed by atoms with Crippen LogP contribution < -0.4 is 4.90 Å². The van der Waals surface area contributed by atoms with E-state index in [-0.39, 0.29) is 11.7 Å². The number of aromatic nitrogens is 2. The van der Waals surface area contributed by atoms with Crippen molar-refractivity contribution < 1.29 is 18.3 Å². The Hall–Kier alpha value is -2.31. The minimum atomic E-state index is -4.46. The van der Waals surface area contributed by atoms with Gasteiger partial charge in [0.2, 0.25) is 5.95 Å². The summed E-state index contributed by atoms with van der Waals surface area (Å²) in [5, 5.41) is 9.49. The minimum Gasteiger partial charge on any atom is -0.508 e. The van der Waals surface area contributed by atoms with Gasteiger partial charge in [-0.3, -0.25) is 0 Å². The summed E-state index contributed by atoms with van der Waals surface area (Å²) in [7, 11) is 0. The van der Waals surface area contributed by atoms with Gasteiger partial charge in [-0.25, -0.2) is 9.97 Å². The van der Waals surface area contributed by atoms with Gasteiger partial charge in [-0.1, -0.05) is 12.1 Å². The van der Waals surface area contributed by atoms with E-state index in [1.165, 1.54) is 0 Å². The molecule has 0 bridgehead atoms. The van der Waals surface area contributed by atoms with Crippen LogP contribution in [0.4, 0.5) is 19.1 Å². The normalized spacial score (nSPS) is 18.4. The molecule has 0 amide bonds. The minimum absolute atomic E-state index is 0.123. The third-order valence-corrected chi connectivity index (χ3v) is 3.94. The molecular weight excluding hydrogens is 307 g/mol. The summed E-state index contributed by atoms with van der Waals surface area (Å²) >= 11 is 0. The predicted molar refractivity (Wildman–Crippen MR) is 79.2 cm³/mol. The average molecular weight is 323 g/mol. The Morgan fingerprint density at radius 3 is 2.83 bits per heavy atom. The molecule has 122 valence electrons. The van der Waals surface area contributed by atoms with Gasteiger partial charge in [-0.15, -0.1) is 0 Å². The van der Waals surface area contributed by atoms with Crippen molar-refractivity contribution in [2.24, 2.45) is 5.92 Å². The lowest BCUT2D eigenvalue weighted by molar-refractivity contribution is -0.141. The molecule has 1 N–H and O–H groups in total. The molecule has 0 spiro atoms. The SMILES string of the molecule is Oc1cccc(CC2CCN(c3nccc(C(F)(F)F)n3)C2)c1. The standard InChI is InChI=1S/C16H16F3N3O/c17-16(18,19)14-4-6-20-15(21-14)22-7-5-12(10-22)8-11-2-1-3-13(23)9-11/h1-4,6,9,12,23H,5,7-8,10H2. The lowest BCUT2D eigenvalue weighted by Crippen LogP contribution is -2.23. The number of benzene rings is 1. The summed E-state index contributed by atoms with van der Waals surface area (Å²) in [6.45, 7) is 1.24. The van der Waals surface area contributed by atoms with E-state index in [1.807, 2.05) is 6.07 Å². The van der Waals surface area contributed by atoms with Crippen molar-refractivity contribution >= 4 is 5.95 Å². The highest BCUT2D eigenvalue weighted by Crippen LogP contribution is 2.30. The molecule has 1 fully saturated rings. The summed E-state index contributed by atoms with van der Waals surface area (Å²) in [4.78, 5) is 9.38. The second-order valence-electron chi connectivity index (χ2n) is 5.71. The number of phenols is 1. The number of alkyl halides is 3. The van der Waals surface area contributed by atoms with E-state index < -0.39 is 11.9 Å². The number of rotatable bonds is 3. The van der Waals surface area contributed by atoms with Crippen molar-refractivity contribution in [2.45, 2.75) is 19.0 Å². The molecule has 0 aliphatic carbocycles. The van der Waals surface area contributed by atoms with Gasteiger partial charge in [0.1, 0.15) is 11.4 Å². The van der Waals surface area contributed by atoms with Gasteiger partial charge in [0.25, 0.3) is 0 Å². The Morgan fingerprint density at radius 1 is 1.26 bits per heavy atom. The zero-order valence-corrected chi connectivity index (χ0v) is 12.3. The number of hydrogen-bond acceptors (Lipinski definition) is 4. The van der Waals surface area contributed by atoms with Crippen LogP contribution in [-0.2, 0) is 12.6 Å². The second-order valence-corrected chi connectivity index (χ2v) is 5.71. The molecule has 7 heteroatoms. The van der Waals surface area contributed by atoms with Crippen LogP contribution in [0, 0.1) is 5.92 Å². The number of hydrogen-bond donors (Lipinski definition) is 1. The van der Waals surface area contributed by atoms with Crippen LogP contribution in [0.15, 0.2) is 36.5 Å². The molecule has 1 aromatic heterocycles. The quantitative estimate of drug-likeness (QED) is 0.942. The molecule has 1 atom stereocenters. The number of nitrogens with zero attached hydrogens (tertiary/aromatic N) is 3. The van der Waals surface area contributed by atoms with E-state index in [2.05, 4.69) is 9.97 Å². The molecular formula is C16H16F3N3O. The van der Waals surface area contributed by atoms with Crippen molar-refractivity contribution in [1.29, 1.82) is 0 Å². The number of phenolic OH excluding ortho intramolecular Hbond substituents is 1. The van der Waals surface area contributed by atoms with E-state index in [9.17, 15) is 18.3 Å². The second kappa shape index (κ2) is 6.06. The first kappa shape index (κ1) is 15.6. The zero-order valence-electron chi connectivity index (χ0n) is 12.3. The van der Waals surface area contributed by atoms with Gasteiger partial charge in [0.05, 0.1) is 0 Å². The third-order valence-electron chi connectivity index (χ3n) is 3.94. The van der Waals surface area contributed by atoms with Crippen LogP contribution in [0.5, 0.6) is 5.75 Å². The molecule has 1 aliphatic heterocycles. The molecule has 1 unspecified atom stereocenters. The number of halogens is 3. The van der Waals surface area contributed by atoms with Crippen LogP contribution in [0.3, 0.4) is 0 Å². The first-order valence-electron chi connectivity index (χ1n) is 7.35. The topological polar surface area (TPSA) is 49.2 Å². The van der Waals surface area contributed by atoms with Crippen LogP contribution in [0.2, 0.25) is 0 Å². The van der Waals surface area contributed by atoms with Gasteiger partial charge >= 0.3 is 6.18 Å². The molecule has 1 aromatic carbocycles. The van der Waals surface area contributed by atoms with Gasteiger partial charge in [-0.2, -0.15) is 13.2 Å². The maximum atomic E-state index is 12.7. The van der Waals surface area contributed by atoms with E-state index in [0.29, 0.717) is 19.0 Å². The van der Waals surface area contributed by atoms with Gasteiger partial charge < -0.3 is 10.0 Å². The van der Waals surface area contributed by atoms with E-state index in [1.54, 1.807) is 23.1 Å². The zero-order chi connectivity index (χ0) is 16.4. The fourth-order valence-corrected chi connectivity index (χ4v) is 2.86. The van der Waals surface area contributed by atoms with Crippen molar-refractivity contribution in [3.05, 3.63) is 47.8 Å². The van der Waals surface area contributed by atoms with Crippen LogP contribution in [0.1, 0.15) is 17.7 Å². The average Bonchev–Trinajstić information content (AvgIpc) is 2.95. The maximum absolute atomic E-state index is 12.7. The van der Waals surface area contributed by atoms with E-state index in [4.69, 9.17) is 0 Å². The molecule has 2 heterocycles. The summed E-state index contributed by atoms with van der Waals surface area (Å²) in [5.41, 5.74) is 0.0979. The first-order valence-corrected chi connectivity index (χ1v) is 7.35. The van der Waals surface area contributed by atoms with Crippen molar-refractivity contribution in [3.8, 4) is 5.75 Å². The highest BCUT2D eigenvalue weighted by molar-refractivity contribution is 5.33. The lowest BCUT2D eigenvalue weighted by Gasteiger charge is -2.17.